The van der Waals surface area contributed by atoms with Gasteiger partial charge in [0.2, 0.25) is 0 Å². The molecule has 130 valence electrons. The van der Waals surface area contributed by atoms with Crippen molar-refractivity contribution in [3.8, 4) is 11.4 Å². The monoisotopic (exact) mass is 359 g/mol. The Bertz CT molecular complexity index is 820. The van der Waals surface area contributed by atoms with Gasteiger partial charge in [-0.05, 0) is 29.6 Å². The lowest BCUT2D eigenvalue weighted by molar-refractivity contribution is -0.0320. The Morgan fingerprint density at radius 2 is 2.20 bits per heavy atom. The second-order valence-electron chi connectivity index (χ2n) is 6.00. The molecule has 0 amide bonds. The number of thiocarbonyl (C=S) groups is 1. The summed E-state index contributed by atoms with van der Waals surface area (Å²) < 4.78 is 13.3. The van der Waals surface area contributed by atoms with Gasteiger partial charge in [-0.1, -0.05) is 29.8 Å². The Hall–Kier alpha value is -2.43. The normalized spacial score (nSPS) is 26.8. The largest absolute Gasteiger partial charge is 0.375 e. The van der Waals surface area contributed by atoms with Crippen LogP contribution in [0.3, 0.4) is 0 Å². The maximum atomic E-state index is 5.90. The molecule has 0 unspecified atom stereocenters. The first-order chi connectivity index (χ1) is 12.1. The lowest BCUT2D eigenvalue weighted by atomic mass is 10.0. The Balaban J connectivity index is 1.65. The highest BCUT2D eigenvalue weighted by Crippen LogP contribution is 2.35. The zero-order valence-corrected chi connectivity index (χ0v) is 14.3. The Labute approximate surface area is 149 Å². The number of hydrogen-bond acceptors (Lipinski definition) is 7. The van der Waals surface area contributed by atoms with Gasteiger partial charge >= 0.3 is 0 Å². The number of aromatic nitrogens is 4. The highest BCUT2D eigenvalue weighted by atomic mass is 32.1. The molecule has 1 aromatic heterocycles. The number of tetrazole rings is 1. The van der Waals surface area contributed by atoms with Crippen LogP contribution in [0.4, 0.5) is 0 Å². The van der Waals surface area contributed by atoms with Gasteiger partial charge in [-0.2, -0.15) is 5.10 Å². The molecular weight excluding hydrogens is 342 g/mol. The summed E-state index contributed by atoms with van der Waals surface area (Å²) in [5.74, 6) is 0.681. The first-order valence-electron chi connectivity index (χ1n) is 7.85. The molecule has 3 N–H and O–H groups in total. The third-order valence-corrected chi connectivity index (χ3v) is 4.35. The fourth-order valence-corrected chi connectivity index (χ4v) is 3.06. The molecular formula is C15H17N7O2S. The van der Waals surface area contributed by atoms with Gasteiger partial charge in [0.15, 0.2) is 17.2 Å². The average Bonchev–Trinajstić information content (AvgIpc) is 3.23. The number of hydrogen-bond donors (Lipinski definition) is 2. The van der Waals surface area contributed by atoms with Crippen LogP contribution < -0.4 is 11.2 Å². The number of nitrogens with one attached hydrogen (secondary N) is 1. The lowest BCUT2D eigenvalue weighted by Gasteiger charge is -2.28. The third kappa shape index (κ3) is 3.11. The van der Waals surface area contributed by atoms with Gasteiger partial charge in [-0.15, -0.1) is 5.10 Å². The van der Waals surface area contributed by atoms with E-state index in [1.54, 1.807) is 4.68 Å². The molecule has 0 radical (unpaired) electrons. The number of benzene rings is 1. The van der Waals surface area contributed by atoms with E-state index in [2.05, 4.69) is 26.1 Å². The van der Waals surface area contributed by atoms with Crippen molar-refractivity contribution in [3.63, 3.8) is 0 Å². The van der Waals surface area contributed by atoms with Gasteiger partial charge in [0.1, 0.15) is 6.10 Å². The SMILES string of the molecule is Cc1ccc(-c2nnnn2[C@@H]2C/C(=N/NC(N)=S)[C@@H]3OC[C@H]2O3)cc1. The summed E-state index contributed by atoms with van der Waals surface area (Å²) in [6, 6.07) is 7.92. The van der Waals surface area contributed by atoms with Crippen molar-refractivity contribution in [1.29, 1.82) is 0 Å². The van der Waals surface area contributed by atoms with E-state index in [9.17, 15) is 0 Å². The molecule has 2 aliphatic rings. The Morgan fingerprint density at radius 1 is 1.40 bits per heavy atom. The second-order valence-corrected chi connectivity index (χ2v) is 6.44. The van der Waals surface area contributed by atoms with E-state index in [0.29, 0.717) is 24.6 Å². The van der Waals surface area contributed by atoms with E-state index in [1.807, 2.05) is 31.2 Å². The topological polar surface area (TPSA) is 112 Å². The zero-order chi connectivity index (χ0) is 17.4. The highest BCUT2D eigenvalue weighted by Gasteiger charge is 2.44. The van der Waals surface area contributed by atoms with Gasteiger partial charge in [0, 0.05) is 12.0 Å². The van der Waals surface area contributed by atoms with E-state index in [-0.39, 0.29) is 17.3 Å². The van der Waals surface area contributed by atoms with Gasteiger partial charge in [0.05, 0.1) is 18.4 Å². The number of rotatable bonds is 3. The molecule has 10 heteroatoms. The van der Waals surface area contributed by atoms with Crippen molar-refractivity contribution in [1.82, 2.24) is 25.6 Å². The predicted octanol–water partition coefficient (Wildman–Crippen LogP) is 0.524. The Kier molecular flexibility index (Phi) is 4.15. The molecule has 2 fully saturated rings. The summed E-state index contributed by atoms with van der Waals surface area (Å²) >= 11 is 4.79. The van der Waals surface area contributed by atoms with Crippen molar-refractivity contribution in [2.45, 2.75) is 31.8 Å². The molecule has 4 rings (SSSR count). The number of ether oxygens (including phenoxy) is 2. The molecule has 2 bridgehead atoms. The standard InChI is InChI=1S/C15H17N7O2S/c1-8-2-4-9(5-3-8)13-18-20-21-22(13)11-6-10(17-19-15(16)25)14-23-7-12(11)24-14/h2-5,11-12,14H,6-7H2,1H3,(H3,16,19,25)/b17-10-/t11-,12-,14-/m1/s1. The van der Waals surface area contributed by atoms with Crippen LogP contribution in [-0.2, 0) is 9.47 Å². The summed E-state index contributed by atoms with van der Waals surface area (Å²) in [6.45, 7) is 2.49. The molecule has 3 heterocycles. The Morgan fingerprint density at radius 3 is 2.96 bits per heavy atom. The molecule has 0 aliphatic carbocycles. The highest BCUT2D eigenvalue weighted by molar-refractivity contribution is 7.80. The smallest absolute Gasteiger partial charge is 0.199 e. The predicted molar refractivity (Wildman–Crippen MR) is 93.6 cm³/mol. The van der Waals surface area contributed by atoms with Gasteiger partial charge in [-0.25, -0.2) is 4.68 Å². The molecule has 0 saturated carbocycles. The van der Waals surface area contributed by atoms with Gasteiger partial charge in [0.25, 0.3) is 0 Å². The van der Waals surface area contributed by atoms with E-state index in [4.69, 9.17) is 27.4 Å². The van der Waals surface area contributed by atoms with E-state index < -0.39 is 6.29 Å². The van der Waals surface area contributed by atoms with Crippen molar-refractivity contribution >= 4 is 23.0 Å². The van der Waals surface area contributed by atoms with Crippen LogP contribution in [0.25, 0.3) is 11.4 Å². The van der Waals surface area contributed by atoms with Gasteiger partial charge < -0.3 is 15.2 Å². The van der Waals surface area contributed by atoms with Crippen LogP contribution in [0.1, 0.15) is 18.0 Å². The van der Waals surface area contributed by atoms with Crippen LogP contribution >= 0.6 is 12.2 Å². The molecule has 1 aromatic carbocycles. The number of fused-ring (bicyclic) bond motifs is 2. The zero-order valence-electron chi connectivity index (χ0n) is 13.5. The van der Waals surface area contributed by atoms with Crippen LogP contribution in [0.2, 0.25) is 0 Å². The van der Waals surface area contributed by atoms with Crippen molar-refractivity contribution in [3.05, 3.63) is 29.8 Å². The van der Waals surface area contributed by atoms with E-state index in [0.717, 1.165) is 5.56 Å². The minimum absolute atomic E-state index is 0.0898. The van der Waals surface area contributed by atoms with Gasteiger partial charge in [-0.3, -0.25) is 5.43 Å². The molecule has 2 aliphatic heterocycles. The first kappa shape index (κ1) is 16.1. The second kappa shape index (κ2) is 6.47. The number of hydrazone groups is 1. The van der Waals surface area contributed by atoms with Crippen molar-refractivity contribution in [2.24, 2.45) is 10.8 Å². The summed E-state index contributed by atoms with van der Waals surface area (Å²) in [4.78, 5) is 0. The van der Waals surface area contributed by atoms with Crippen LogP contribution in [0.5, 0.6) is 0 Å². The third-order valence-electron chi connectivity index (χ3n) is 4.26. The number of aryl methyl sites for hydroxylation is 1. The van der Waals surface area contributed by atoms with Crippen molar-refractivity contribution in [2.75, 3.05) is 6.61 Å². The lowest BCUT2D eigenvalue weighted by Crippen LogP contribution is -2.39. The quantitative estimate of drug-likeness (QED) is 0.603. The summed E-state index contributed by atoms with van der Waals surface area (Å²) in [5.41, 5.74) is 10.8. The summed E-state index contributed by atoms with van der Waals surface area (Å²) in [6.07, 6.45) is -0.0432. The fraction of sp³-hybridized carbons (Fsp3) is 0.400. The molecule has 9 nitrogen and oxygen atoms in total. The fourth-order valence-electron chi connectivity index (χ4n) is 3.02. The average molecular weight is 359 g/mol. The van der Waals surface area contributed by atoms with E-state index >= 15 is 0 Å². The summed E-state index contributed by atoms with van der Waals surface area (Å²) in [5, 5.41) is 16.5. The minimum Gasteiger partial charge on any atom is -0.375 e. The first-order valence-corrected chi connectivity index (χ1v) is 8.26. The molecule has 3 atom stereocenters. The maximum Gasteiger partial charge on any atom is 0.199 e. The van der Waals surface area contributed by atoms with Crippen molar-refractivity contribution < 1.29 is 9.47 Å². The number of nitrogens with two attached hydrogens (primary N) is 1. The maximum absolute atomic E-state index is 5.90. The molecule has 25 heavy (non-hydrogen) atoms. The minimum atomic E-state index is -0.484. The number of nitrogens with zero attached hydrogens (tertiary/aromatic N) is 5. The van der Waals surface area contributed by atoms with Crippen LogP contribution in [0.15, 0.2) is 29.4 Å². The van der Waals surface area contributed by atoms with Crippen LogP contribution in [0, 0.1) is 6.92 Å². The summed E-state index contributed by atoms with van der Waals surface area (Å²) in [7, 11) is 0. The molecule has 2 aromatic rings. The van der Waals surface area contributed by atoms with Crippen LogP contribution in [-0.4, -0.2) is 50.0 Å². The molecule has 0 spiro atoms. The molecule has 2 saturated heterocycles. The van der Waals surface area contributed by atoms with E-state index in [1.165, 1.54) is 5.56 Å².